The molecule has 5 heteroatoms. The second-order valence-electron chi connectivity index (χ2n) is 12.5. The number of rotatable bonds is 15. The zero-order valence-electron chi connectivity index (χ0n) is 27.3. The van der Waals surface area contributed by atoms with Crippen molar-refractivity contribution in [2.75, 3.05) is 26.2 Å². The number of anilines is 1. The summed E-state index contributed by atoms with van der Waals surface area (Å²) in [6, 6.07) is 17.3. The number of benzene rings is 2. The fourth-order valence-corrected chi connectivity index (χ4v) is 6.06. The molecule has 1 aliphatic heterocycles. The van der Waals surface area contributed by atoms with Crippen molar-refractivity contribution in [3.63, 3.8) is 0 Å². The third-order valence-electron chi connectivity index (χ3n) is 8.88. The Hall–Kier alpha value is -2.66. The molecule has 42 heavy (non-hydrogen) atoms. The summed E-state index contributed by atoms with van der Waals surface area (Å²) < 4.78 is 13.6. The van der Waals surface area contributed by atoms with Crippen LogP contribution in [-0.4, -0.2) is 44.0 Å². The van der Waals surface area contributed by atoms with Gasteiger partial charge in [0.2, 0.25) is 5.69 Å². The smallest absolute Gasteiger partial charge is 0.260 e. The van der Waals surface area contributed by atoms with Crippen LogP contribution in [0.1, 0.15) is 84.8 Å². The first-order valence-corrected chi connectivity index (χ1v) is 15.7. The molecule has 0 N–H and O–H groups in total. The van der Waals surface area contributed by atoms with Crippen molar-refractivity contribution in [2.45, 2.75) is 96.9 Å². The van der Waals surface area contributed by atoms with E-state index in [4.69, 9.17) is 21.1 Å². The number of ether oxygens (including phenoxy) is 2. The lowest BCUT2D eigenvalue weighted by Gasteiger charge is -2.33. The summed E-state index contributed by atoms with van der Waals surface area (Å²) in [6.45, 7) is 13.4. The van der Waals surface area contributed by atoms with Crippen molar-refractivity contribution in [1.82, 2.24) is 0 Å². The molecule has 0 saturated carbocycles. The average Bonchev–Trinajstić information content (AvgIpc) is 3.22. The van der Waals surface area contributed by atoms with Crippen LogP contribution in [0.25, 0.3) is 0 Å². The monoisotopic (exact) mass is 591 g/mol. The van der Waals surface area contributed by atoms with E-state index in [1.54, 1.807) is 19.8 Å². The molecule has 0 spiro atoms. The molecule has 2 unspecified atom stereocenters. The molecular formula is C37H52ClN2O2+. The summed E-state index contributed by atoms with van der Waals surface area (Å²) >= 11 is 6.28. The minimum absolute atomic E-state index is 0.0241. The van der Waals surface area contributed by atoms with Gasteiger partial charge >= 0.3 is 0 Å². The van der Waals surface area contributed by atoms with Gasteiger partial charge in [0.05, 0.1) is 5.41 Å². The third kappa shape index (κ3) is 7.83. The quantitative estimate of drug-likeness (QED) is 0.0677. The SMILES string of the molecule is COC(C)N(C)c1ccccc1C(C)(C)CCC=CCCC/C(C=CC1=[N+](C(C)OC)c2ccccc2C1(C)C)=C/Cl. The molecule has 228 valence electrons. The lowest BCUT2D eigenvalue weighted by molar-refractivity contribution is -0.532. The molecule has 2 atom stereocenters. The van der Waals surface area contributed by atoms with E-state index in [9.17, 15) is 0 Å². The van der Waals surface area contributed by atoms with E-state index >= 15 is 0 Å². The summed E-state index contributed by atoms with van der Waals surface area (Å²) in [5, 5.41) is 0. The summed E-state index contributed by atoms with van der Waals surface area (Å²) in [5.41, 5.74) is 9.15. The maximum absolute atomic E-state index is 6.28. The van der Waals surface area contributed by atoms with Gasteiger partial charge in [0.25, 0.3) is 6.23 Å². The maximum Gasteiger partial charge on any atom is 0.260 e. The number of fused-ring (bicyclic) bond motifs is 1. The van der Waals surface area contributed by atoms with Crippen LogP contribution >= 0.6 is 11.6 Å². The summed E-state index contributed by atoms with van der Waals surface area (Å²) in [5.74, 6) is 0. The van der Waals surface area contributed by atoms with Gasteiger partial charge in [-0.2, -0.15) is 4.58 Å². The van der Waals surface area contributed by atoms with E-state index < -0.39 is 0 Å². The van der Waals surface area contributed by atoms with Crippen molar-refractivity contribution in [1.29, 1.82) is 0 Å². The van der Waals surface area contributed by atoms with Crippen molar-refractivity contribution < 1.29 is 14.0 Å². The van der Waals surface area contributed by atoms with E-state index in [1.807, 2.05) is 0 Å². The van der Waals surface area contributed by atoms with Crippen LogP contribution in [0.3, 0.4) is 0 Å². The lowest BCUT2D eigenvalue weighted by atomic mass is 9.79. The van der Waals surface area contributed by atoms with E-state index in [0.29, 0.717) is 0 Å². The van der Waals surface area contributed by atoms with Crippen LogP contribution in [0.5, 0.6) is 0 Å². The molecule has 2 aromatic carbocycles. The summed E-state index contributed by atoms with van der Waals surface area (Å²) in [6.07, 6.45) is 14.2. The number of halogens is 1. The molecule has 0 aromatic heterocycles. The molecule has 0 amide bonds. The number of hydrogen-bond acceptors (Lipinski definition) is 3. The fourth-order valence-electron chi connectivity index (χ4n) is 5.87. The van der Waals surface area contributed by atoms with Gasteiger partial charge in [-0.15, -0.1) is 0 Å². The highest BCUT2D eigenvalue weighted by Crippen LogP contribution is 2.41. The van der Waals surface area contributed by atoms with Crippen LogP contribution in [0.15, 0.2) is 83.9 Å². The lowest BCUT2D eigenvalue weighted by Crippen LogP contribution is -2.33. The Morgan fingerprint density at radius 2 is 1.67 bits per heavy atom. The van der Waals surface area contributed by atoms with Crippen LogP contribution in [0.4, 0.5) is 11.4 Å². The van der Waals surface area contributed by atoms with Gasteiger partial charge in [-0.25, -0.2) is 0 Å². The molecule has 1 heterocycles. The number of nitrogens with zero attached hydrogens (tertiary/aromatic N) is 2. The Labute approximate surface area is 260 Å². The summed E-state index contributed by atoms with van der Waals surface area (Å²) in [7, 11) is 5.62. The molecule has 2 aromatic rings. The molecule has 0 bridgehead atoms. The highest BCUT2D eigenvalue weighted by molar-refractivity contribution is 6.25. The fraction of sp³-hybridized carbons (Fsp3) is 0.486. The predicted molar refractivity (Wildman–Crippen MR) is 181 cm³/mol. The maximum atomic E-state index is 6.28. The molecule has 0 fully saturated rings. The van der Waals surface area contributed by atoms with Gasteiger partial charge in [0.1, 0.15) is 6.23 Å². The van der Waals surface area contributed by atoms with E-state index in [1.165, 1.54) is 28.2 Å². The largest absolute Gasteiger partial charge is 0.362 e. The number of unbranched alkanes of at least 4 members (excludes halogenated alkanes) is 1. The predicted octanol–water partition coefficient (Wildman–Crippen LogP) is 9.65. The van der Waals surface area contributed by atoms with Gasteiger partial charge < -0.3 is 14.4 Å². The van der Waals surface area contributed by atoms with Crippen LogP contribution in [0, 0.1) is 0 Å². The average molecular weight is 592 g/mol. The standard InChI is InChI=1S/C37H52ClN2O2/c1-28(41-8)39(7)33-22-16-14-20-31(33)36(3,4)26-18-12-10-11-13-19-30(27-38)24-25-35-37(5,6)32-21-15-17-23-34(32)40(35)29(2)42-9/h10,12,14-17,20-25,27-29H,11,13,18-19,26H2,1-9H3/q+1/b12-10?,25-24?,30-27-. The Balaban J connectivity index is 1.57. The van der Waals surface area contributed by atoms with E-state index in [2.05, 4.69) is 131 Å². The van der Waals surface area contributed by atoms with Gasteiger partial charge in [-0.05, 0) is 75.5 Å². The van der Waals surface area contributed by atoms with Gasteiger partial charge in [-0.3, -0.25) is 0 Å². The van der Waals surface area contributed by atoms with Gasteiger partial charge in [0.15, 0.2) is 5.71 Å². The van der Waals surface area contributed by atoms with Crippen molar-refractivity contribution >= 4 is 28.7 Å². The molecule has 0 radical (unpaired) electrons. The normalized spacial score (nSPS) is 16.9. The Morgan fingerprint density at radius 3 is 2.36 bits per heavy atom. The van der Waals surface area contributed by atoms with Crippen LogP contribution in [0.2, 0.25) is 0 Å². The highest BCUT2D eigenvalue weighted by atomic mass is 35.5. The van der Waals surface area contributed by atoms with Crippen molar-refractivity contribution in [2.24, 2.45) is 0 Å². The first-order valence-electron chi connectivity index (χ1n) is 15.3. The third-order valence-corrected chi connectivity index (χ3v) is 9.16. The summed E-state index contributed by atoms with van der Waals surface area (Å²) in [4.78, 5) is 2.21. The Bertz CT molecular complexity index is 1300. The topological polar surface area (TPSA) is 24.7 Å². The van der Waals surface area contributed by atoms with E-state index in [-0.39, 0.29) is 23.3 Å². The molecule has 4 nitrogen and oxygen atoms in total. The van der Waals surface area contributed by atoms with Crippen molar-refractivity contribution in [3.05, 3.63) is 95.1 Å². The second kappa shape index (κ2) is 15.2. The molecular weight excluding hydrogens is 540 g/mol. The number of para-hydroxylation sites is 2. The van der Waals surface area contributed by atoms with Crippen LogP contribution in [-0.2, 0) is 20.3 Å². The molecule has 0 saturated heterocycles. The number of hydrogen-bond donors (Lipinski definition) is 0. The van der Waals surface area contributed by atoms with Crippen LogP contribution < -0.4 is 4.90 Å². The number of allylic oxidation sites excluding steroid dienone is 5. The first kappa shape index (κ1) is 33.8. The Morgan fingerprint density at radius 1 is 1.00 bits per heavy atom. The van der Waals surface area contributed by atoms with Crippen molar-refractivity contribution in [3.8, 4) is 0 Å². The zero-order chi connectivity index (χ0) is 30.9. The van der Waals surface area contributed by atoms with Gasteiger partial charge in [0, 0.05) is 57.1 Å². The highest BCUT2D eigenvalue weighted by Gasteiger charge is 2.46. The molecule has 3 rings (SSSR count). The van der Waals surface area contributed by atoms with E-state index in [0.717, 1.165) is 37.7 Å². The molecule has 1 aliphatic rings. The number of methoxy groups -OCH3 is 2. The molecule has 0 aliphatic carbocycles. The first-order chi connectivity index (χ1) is 20.0. The minimum atomic E-state index is -0.119. The second-order valence-corrected chi connectivity index (χ2v) is 12.7. The minimum Gasteiger partial charge on any atom is -0.362 e. The Kier molecular flexibility index (Phi) is 12.2. The van der Waals surface area contributed by atoms with Gasteiger partial charge in [-0.1, -0.05) is 80.1 Å². The zero-order valence-corrected chi connectivity index (χ0v) is 28.0.